The van der Waals surface area contributed by atoms with Crippen LogP contribution in [0.5, 0.6) is 0 Å². The summed E-state index contributed by atoms with van der Waals surface area (Å²) >= 11 is 27.5. The molecule has 0 aliphatic carbocycles. The average Bonchev–Trinajstić information content (AvgIpc) is 4.01. The number of aryl methyl sites for hydroxylation is 1. The van der Waals surface area contributed by atoms with Crippen LogP contribution in [0.4, 0.5) is 0 Å². The van der Waals surface area contributed by atoms with E-state index in [0.29, 0.717) is 51.8 Å². The normalized spacial score (nSPS) is 12.0. The number of rotatable bonds is 11. The Morgan fingerprint density at radius 1 is 0.710 bits per heavy atom. The Bertz CT molecular complexity index is 3030. The Morgan fingerprint density at radius 2 is 1.23 bits per heavy atom. The summed E-state index contributed by atoms with van der Waals surface area (Å²) in [6, 6.07) is 9.85. The molecule has 330 valence electrons. The van der Waals surface area contributed by atoms with Crippen molar-refractivity contribution in [3.63, 3.8) is 0 Å². The van der Waals surface area contributed by atoms with Crippen molar-refractivity contribution in [2.45, 2.75) is 71.8 Å². The molecule has 21 heteroatoms. The van der Waals surface area contributed by atoms with Crippen molar-refractivity contribution in [1.29, 1.82) is 0 Å². The first kappa shape index (κ1) is 48.9. The highest BCUT2D eigenvalue weighted by molar-refractivity contribution is 14.1. The first-order valence-corrected chi connectivity index (χ1v) is 31.7. The number of ether oxygens (including phenoxy) is 2. The SMILES string of the molecule is Cc1nc2c(c(I)cn2COCC[Si](C)(C)C)c(=O)n1C.Clc1c(Br)ccc2ncsc12.Cn1c(Cl)nc2c(c(-c3ccc4ncsc4c3Cl)cn2COCC[Si](C)(C)C)c1=O. The lowest BCUT2D eigenvalue weighted by molar-refractivity contribution is 0.0897. The van der Waals surface area contributed by atoms with Gasteiger partial charge in [0.1, 0.15) is 19.3 Å². The van der Waals surface area contributed by atoms with Crippen LogP contribution in [0.15, 0.2) is 61.7 Å². The van der Waals surface area contributed by atoms with Gasteiger partial charge in [-0.2, -0.15) is 0 Å². The molecule has 0 atom stereocenters. The predicted octanol–water partition coefficient (Wildman–Crippen LogP) is 12.3. The van der Waals surface area contributed by atoms with Gasteiger partial charge in [-0.15, -0.1) is 22.7 Å². The summed E-state index contributed by atoms with van der Waals surface area (Å²) in [5.41, 5.74) is 7.82. The molecule has 62 heavy (non-hydrogen) atoms. The number of aromatic nitrogens is 8. The number of thiazole rings is 2. The zero-order valence-electron chi connectivity index (χ0n) is 35.8. The van der Waals surface area contributed by atoms with Gasteiger partial charge in [0.05, 0.1) is 52.3 Å². The van der Waals surface area contributed by atoms with Gasteiger partial charge in [-0.25, -0.2) is 19.9 Å². The number of benzene rings is 2. The molecule has 0 N–H and O–H groups in total. The molecule has 2 aromatic carbocycles. The van der Waals surface area contributed by atoms with Crippen LogP contribution in [0, 0.1) is 10.5 Å². The Hall–Kier alpha value is -2.51. The highest BCUT2D eigenvalue weighted by atomic mass is 127. The van der Waals surface area contributed by atoms with Crippen LogP contribution in [0.3, 0.4) is 0 Å². The molecule has 0 aliphatic rings. The van der Waals surface area contributed by atoms with Gasteiger partial charge in [0.25, 0.3) is 11.1 Å². The van der Waals surface area contributed by atoms with E-state index in [1.54, 1.807) is 41.0 Å². The predicted molar refractivity (Wildman–Crippen MR) is 277 cm³/mol. The second-order valence-corrected chi connectivity index (χ2v) is 33.1. The summed E-state index contributed by atoms with van der Waals surface area (Å²) in [6.07, 6.45) is 3.81. The molecule has 0 saturated carbocycles. The van der Waals surface area contributed by atoms with Crippen LogP contribution in [0.2, 0.25) is 66.7 Å². The Balaban J connectivity index is 0.000000173. The molecule has 0 radical (unpaired) electrons. The molecule has 0 amide bonds. The van der Waals surface area contributed by atoms with Crippen LogP contribution in [-0.4, -0.2) is 67.6 Å². The minimum atomic E-state index is -1.20. The lowest BCUT2D eigenvalue weighted by atomic mass is 10.1. The molecule has 6 aromatic heterocycles. The van der Waals surface area contributed by atoms with Crippen molar-refractivity contribution >= 4 is 155 Å². The summed E-state index contributed by atoms with van der Waals surface area (Å²) in [4.78, 5) is 42.8. The fourth-order valence-corrected chi connectivity index (χ4v) is 11.2. The fourth-order valence-electron chi connectivity index (χ4n) is 6.12. The van der Waals surface area contributed by atoms with Crippen molar-refractivity contribution in [1.82, 2.24) is 38.2 Å². The maximum absolute atomic E-state index is 13.1. The largest absolute Gasteiger partial charge is 0.361 e. The second-order valence-electron chi connectivity index (χ2n) is 17.0. The summed E-state index contributed by atoms with van der Waals surface area (Å²) in [7, 11) is 1.09. The van der Waals surface area contributed by atoms with Crippen molar-refractivity contribution in [3.05, 3.63) is 97.6 Å². The van der Waals surface area contributed by atoms with Crippen LogP contribution in [0.25, 0.3) is 53.6 Å². The van der Waals surface area contributed by atoms with Gasteiger partial charge < -0.3 is 18.6 Å². The molecule has 6 heterocycles. The topological polar surface area (TPSA) is 124 Å². The van der Waals surface area contributed by atoms with Gasteiger partial charge in [0.15, 0.2) is 11.3 Å². The van der Waals surface area contributed by atoms with Crippen LogP contribution in [-0.2, 0) is 37.0 Å². The van der Waals surface area contributed by atoms with Gasteiger partial charge in [0, 0.05) is 75.0 Å². The van der Waals surface area contributed by atoms with Crippen LogP contribution < -0.4 is 11.1 Å². The summed E-state index contributed by atoms with van der Waals surface area (Å²) in [5.74, 6) is 0.713. The smallest absolute Gasteiger partial charge is 0.264 e. The minimum absolute atomic E-state index is 0.00255. The highest BCUT2D eigenvalue weighted by Crippen LogP contribution is 2.39. The Morgan fingerprint density at radius 3 is 1.81 bits per heavy atom. The lowest BCUT2D eigenvalue weighted by Gasteiger charge is -2.15. The monoisotopic (exact) mass is 1150 g/mol. The van der Waals surface area contributed by atoms with E-state index in [1.807, 2.05) is 52.7 Å². The summed E-state index contributed by atoms with van der Waals surface area (Å²) < 4.78 is 22.1. The van der Waals surface area contributed by atoms with E-state index in [1.165, 1.54) is 15.9 Å². The van der Waals surface area contributed by atoms with Crippen molar-refractivity contribution < 1.29 is 9.47 Å². The zero-order valence-corrected chi connectivity index (χ0v) is 45.4. The molecule has 0 aliphatic heterocycles. The lowest BCUT2D eigenvalue weighted by Crippen LogP contribution is -2.22. The fraction of sp³-hybridized carbons (Fsp3) is 0.366. The summed E-state index contributed by atoms with van der Waals surface area (Å²) in [5, 5.41) is 2.61. The highest BCUT2D eigenvalue weighted by Gasteiger charge is 2.22. The van der Waals surface area contributed by atoms with Crippen molar-refractivity contribution in [3.8, 4) is 11.1 Å². The number of fused-ring (bicyclic) bond motifs is 4. The van der Waals surface area contributed by atoms with E-state index < -0.39 is 16.1 Å². The van der Waals surface area contributed by atoms with Crippen molar-refractivity contribution in [2.75, 3.05) is 13.2 Å². The third kappa shape index (κ3) is 11.3. The number of hydrogen-bond acceptors (Lipinski definition) is 10. The Labute approximate surface area is 406 Å². The quantitative estimate of drug-likeness (QED) is 0.0543. The molecule has 0 unspecified atom stereocenters. The summed E-state index contributed by atoms with van der Waals surface area (Å²) in [6.45, 7) is 17.9. The van der Waals surface area contributed by atoms with Crippen LogP contribution >= 0.6 is 96.0 Å². The Kier molecular flexibility index (Phi) is 16.1. The number of halogens is 5. The van der Waals surface area contributed by atoms with E-state index in [9.17, 15) is 9.59 Å². The molecular formula is C41H47BrCl3IN8O4S2Si2. The number of hydrogen-bond donors (Lipinski definition) is 0. The van der Waals surface area contributed by atoms with Gasteiger partial charge in [-0.3, -0.25) is 18.7 Å². The molecule has 0 fully saturated rings. The van der Waals surface area contributed by atoms with E-state index in [0.717, 1.165) is 57.8 Å². The third-order valence-corrected chi connectivity index (χ3v) is 18.1. The zero-order chi connectivity index (χ0) is 45.3. The van der Waals surface area contributed by atoms with E-state index in [-0.39, 0.29) is 23.1 Å². The molecule has 8 rings (SSSR count). The molecular weight excluding hydrogens is 1100 g/mol. The van der Waals surface area contributed by atoms with Gasteiger partial charge in [-0.05, 0) is 87.3 Å². The first-order valence-electron chi connectivity index (χ1n) is 19.5. The van der Waals surface area contributed by atoms with Crippen LogP contribution in [0.1, 0.15) is 5.82 Å². The van der Waals surface area contributed by atoms with Gasteiger partial charge >= 0.3 is 0 Å². The number of nitrogens with zero attached hydrogens (tertiary/aromatic N) is 8. The maximum atomic E-state index is 13.1. The molecule has 0 bridgehead atoms. The molecule has 0 saturated heterocycles. The van der Waals surface area contributed by atoms with Crippen molar-refractivity contribution in [2.24, 2.45) is 14.1 Å². The maximum Gasteiger partial charge on any atom is 0.264 e. The standard InChI is InChI=1S/C20H22Cl2N4O2SSi.C14H22IN3O2Si.C7H3BrClNS/c1-25-19(27)15-13(12-5-6-14-17(16(12)21)29-10-23-14)9-26(18(15)24-20(25)22)11-28-7-8-30(2,3)4;1-10-16-13-12(14(19)17(10)2)11(15)8-18(13)9-20-6-7-21(3,4)5;8-4-1-2-5-7(6(4)9)11-3-10-5/h5-6,9-10H,7-8,11H2,1-4H3;8H,6-7,9H2,1-5H3;1-3H. The minimum Gasteiger partial charge on any atom is -0.361 e. The van der Waals surface area contributed by atoms with E-state index >= 15 is 0 Å². The first-order chi connectivity index (χ1) is 29.2. The average molecular weight is 1150 g/mol. The molecule has 0 spiro atoms. The van der Waals surface area contributed by atoms with E-state index in [4.69, 9.17) is 44.3 Å². The second kappa shape index (κ2) is 20.3. The molecule has 12 nitrogen and oxygen atoms in total. The van der Waals surface area contributed by atoms with Gasteiger partial charge in [0.2, 0.25) is 5.28 Å². The van der Waals surface area contributed by atoms with E-state index in [2.05, 4.69) is 97.7 Å². The third-order valence-electron chi connectivity index (χ3n) is 9.89. The van der Waals surface area contributed by atoms with Gasteiger partial charge in [-0.1, -0.05) is 68.6 Å². The molecule has 8 aromatic rings.